The molecule has 1 atom stereocenters. The molecule has 0 heterocycles. The zero-order valence-electron chi connectivity index (χ0n) is 11.3. The predicted octanol–water partition coefficient (Wildman–Crippen LogP) is 4.75. The van der Waals surface area contributed by atoms with E-state index in [1.165, 1.54) is 11.1 Å². The number of halogens is 1. The van der Waals surface area contributed by atoms with Crippen LogP contribution in [0.3, 0.4) is 0 Å². The van der Waals surface area contributed by atoms with Crippen LogP contribution in [0.25, 0.3) is 0 Å². The third-order valence-corrected chi connectivity index (χ3v) is 4.45. The number of hydrogen-bond acceptors (Lipinski definition) is 2. The van der Waals surface area contributed by atoms with Crippen LogP contribution in [0.4, 0.5) is 0 Å². The van der Waals surface area contributed by atoms with Gasteiger partial charge in [-0.3, -0.25) is 0 Å². The molecule has 1 aliphatic rings. The Bertz CT molecular complexity index is 678. The highest BCUT2D eigenvalue weighted by Crippen LogP contribution is 2.37. The third-order valence-electron chi connectivity index (χ3n) is 4.02. The molecule has 0 amide bonds. The first-order valence-corrected chi connectivity index (χ1v) is 7.15. The van der Waals surface area contributed by atoms with Gasteiger partial charge in [0, 0.05) is 16.5 Å². The van der Waals surface area contributed by atoms with Crippen molar-refractivity contribution in [1.29, 1.82) is 0 Å². The molecule has 102 valence electrons. The number of hydrogen-bond donors (Lipinski definition) is 1. The highest BCUT2D eigenvalue weighted by atomic mass is 35.5. The molecule has 0 aromatic heterocycles. The summed E-state index contributed by atoms with van der Waals surface area (Å²) in [5, 5.41) is 13.4. The van der Waals surface area contributed by atoms with Crippen molar-refractivity contribution in [2.24, 2.45) is 5.16 Å². The fourth-order valence-electron chi connectivity index (χ4n) is 2.97. The Balaban J connectivity index is 2.09. The number of aryl methyl sites for hydroxylation is 1. The van der Waals surface area contributed by atoms with Gasteiger partial charge in [-0.15, -0.1) is 0 Å². The maximum Gasteiger partial charge on any atom is 0.0871 e. The molecule has 20 heavy (non-hydrogen) atoms. The van der Waals surface area contributed by atoms with Crippen molar-refractivity contribution in [3.63, 3.8) is 0 Å². The quantitative estimate of drug-likeness (QED) is 0.595. The van der Waals surface area contributed by atoms with Crippen molar-refractivity contribution >= 4 is 17.3 Å². The first-order valence-electron chi connectivity index (χ1n) is 6.77. The van der Waals surface area contributed by atoms with Crippen molar-refractivity contribution in [3.8, 4) is 0 Å². The number of benzene rings is 2. The smallest absolute Gasteiger partial charge is 0.0871 e. The van der Waals surface area contributed by atoms with Gasteiger partial charge in [0.1, 0.15) is 0 Å². The Morgan fingerprint density at radius 1 is 1.20 bits per heavy atom. The summed E-state index contributed by atoms with van der Waals surface area (Å²) in [5.41, 5.74) is 5.44. The van der Waals surface area contributed by atoms with Crippen LogP contribution in [-0.2, 0) is 0 Å². The SMILES string of the molecule is Cc1cc(C2CCC(=NO)c3ccccc32)ccc1Cl. The molecule has 0 spiro atoms. The van der Waals surface area contributed by atoms with E-state index in [9.17, 15) is 0 Å². The van der Waals surface area contributed by atoms with Gasteiger partial charge in [0.15, 0.2) is 0 Å². The highest BCUT2D eigenvalue weighted by molar-refractivity contribution is 6.31. The first-order chi connectivity index (χ1) is 9.70. The Labute approximate surface area is 123 Å². The summed E-state index contributed by atoms with van der Waals surface area (Å²) in [5.74, 6) is 0.340. The number of fused-ring (bicyclic) bond motifs is 1. The van der Waals surface area contributed by atoms with E-state index >= 15 is 0 Å². The number of nitrogens with zero attached hydrogens (tertiary/aromatic N) is 1. The van der Waals surface area contributed by atoms with Gasteiger partial charge in [-0.1, -0.05) is 53.2 Å². The summed E-state index contributed by atoms with van der Waals surface area (Å²) in [6.45, 7) is 2.03. The lowest BCUT2D eigenvalue weighted by Crippen LogP contribution is -2.17. The molecule has 0 aliphatic heterocycles. The number of oxime groups is 1. The van der Waals surface area contributed by atoms with E-state index in [2.05, 4.69) is 23.4 Å². The lowest BCUT2D eigenvalue weighted by Gasteiger charge is -2.26. The van der Waals surface area contributed by atoms with Gasteiger partial charge in [0.05, 0.1) is 5.71 Å². The average Bonchev–Trinajstić information content (AvgIpc) is 2.49. The monoisotopic (exact) mass is 285 g/mol. The Morgan fingerprint density at radius 2 is 2.00 bits per heavy atom. The fourth-order valence-corrected chi connectivity index (χ4v) is 3.09. The summed E-state index contributed by atoms with van der Waals surface area (Å²) < 4.78 is 0. The van der Waals surface area contributed by atoms with Gasteiger partial charge in [-0.05, 0) is 42.5 Å². The van der Waals surface area contributed by atoms with Gasteiger partial charge in [0.2, 0.25) is 0 Å². The maximum absolute atomic E-state index is 9.15. The van der Waals surface area contributed by atoms with Gasteiger partial charge in [-0.25, -0.2) is 0 Å². The Kier molecular flexibility index (Phi) is 3.49. The predicted molar refractivity (Wildman–Crippen MR) is 82.0 cm³/mol. The minimum atomic E-state index is 0.340. The summed E-state index contributed by atoms with van der Waals surface area (Å²) in [6.07, 6.45) is 1.75. The number of rotatable bonds is 1. The molecule has 0 radical (unpaired) electrons. The van der Waals surface area contributed by atoms with Gasteiger partial charge < -0.3 is 5.21 Å². The first kappa shape index (κ1) is 13.2. The van der Waals surface area contributed by atoms with E-state index in [1.807, 2.05) is 31.2 Å². The van der Waals surface area contributed by atoms with Crippen molar-refractivity contribution in [2.75, 3.05) is 0 Å². The molecule has 2 aromatic carbocycles. The molecule has 2 aromatic rings. The molecule has 0 saturated heterocycles. The molecule has 2 nitrogen and oxygen atoms in total. The van der Waals surface area contributed by atoms with Crippen LogP contribution in [0.2, 0.25) is 5.02 Å². The zero-order valence-corrected chi connectivity index (χ0v) is 12.1. The van der Waals surface area contributed by atoms with Gasteiger partial charge >= 0.3 is 0 Å². The van der Waals surface area contributed by atoms with Crippen molar-refractivity contribution < 1.29 is 5.21 Å². The van der Waals surface area contributed by atoms with E-state index in [0.29, 0.717) is 5.92 Å². The second-order valence-electron chi connectivity index (χ2n) is 5.23. The molecule has 0 fully saturated rings. The molecule has 1 unspecified atom stereocenters. The second-order valence-corrected chi connectivity index (χ2v) is 5.64. The average molecular weight is 286 g/mol. The standard InChI is InChI=1S/C17H16ClNO/c1-11-10-12(6-8-16(11)18)13-7-9-17(19-20)15-5-3-2-4-14(13)15/h2-6,8,10,13,20H,7,9H2,1H3. The maximum atomic E-state index is 9.15. The normalized spacial score (nSPS) is 19.9. The summed E-state index contributed by atoms with van der Waals surface area (Å²) in [6, 6.07) is 14.4. The van der Waals surface area contributed by atoms with Crippen molar-refractivity contribution in [1.82, 2.24) is 0 Å². The largest absolute Gasteiger partial charge is 0.411 e. The minimum absolute atomic E-state index is 0.340. The van der Waals surface area contributed by atoms with E-state index in [1.54, 1.807) is 0 Å². The molecule has 0 saturated carbocycles. The van der Waals surface area contributed by atoms with Crippen LogP contribution in [0.5, 0.6) is 0 Å². The topological polar surface area (TPSA) is 32.6 Å². The molecule has 3 heteroatoms. The van der Waals surface area contributed by atoms with Crippen LogP contribution in [0.1, 0.15) is 41.0 Å². The van der Waals surface area contributed by atoms with E-state index in [0.717, 1.165) is 34.7 Å². The second kappa shape index (κ2) is 5.29. The summed E-state index contributed by atoms with van der Waals surface area (Å²) in [7, 11) is 0. The lowest BCUT2D eigenvalue weighted by atomic mass is 9.78. The van der Waals surface area contributed by atoms with Gasteiger partial charge in [-0.2, -0.15) is 0 Å². The van der Waals surface area contributed by atoms with Crippen LogP contribution < -0.4 is 0 Å². The zero-order chi connectivity index (χ0) is 14.1. The van der Waals surface area contributed by atoms with E-state index in [4.69, 9.17) is 16.8 Å². The van der Waals surface area contributed by atoms with Crippen molar-refractivity contribution in [3.05, 3.63) is 69.7 Å². The molecule has 0 bridgehead atoms. The van der Waals surface area contributed by atoms with Gasteiger partial charge in [0.25, 0.3) is 0 Å². The van der Waals surface area contributed by atoms with E-state index in [-0.39, 0.29) is 0 Å². The molecule has 1 aliphatic carbocycles. The van der Waals surface area contributed by atoms with Crippen LogP contribution in [0.15, 0.2) is 47.6 Å². The van der Waals surface area contributed by atoms with Crippen LogP contribution >= 0.6 is 11.6 Å². The minimum Gasteiger partial charge on any atom is -0.411 e. The molecular formula is C17H16ClNO. The highest BCUT2D eigenvalue weighted by Gasteiger charge is 2.25. The lowest BCUT2D eigenvalue weighted by molar-refractivity contribution is 0.317. The Hall–Kier alpha value is -1.80. The third kappa shape index (κ3) is 2.20. The molecular weight excluding hydrogens is 270 g/mol. The summed E-state index contributed by atoms with van der Waals surface area (Å²) in [4.78, 5) is 0. The van der Waals surface area contributed by atoms with E-state index < -0.39 is 0 Å². The fraction of sp³-hybridized carbons (Fsp3) is 0.235. The van der Waals surface area contributed by atoms with Crippen LogP contribution in [0, 0.1) is 6.92 Å². The van der Waals surface area contributed by atoms with Crippen molar-refractivity contribution in [2.45, 2.75) is 25.7 Å². The molecule has 1 N–H and O–H groups in total. The van der Waals surface area contributed by atoms with Crippen LogP contribution in [-0.4, -0.2) is 10.9 Å². The Morgan fingerprint density at radius 3 is 2.75 bits per heavy atom. The summed E-state index contributed by atoms with van der Waals surface area (Å²) >= 11 is 6.11. The molecule has 3 rings (SSSR count).